The zero-order chi connectivity index (χ0) is 12.5. The standard InChI is InChI=1S/C11H10N4O3/c12-8-2-10-9(17-5-18-10)1-7(8)11(16)15-6-3-13-14-4-6/h1-4H,5,12H2,(H,13,14)(H,15,16). The number of benzene rings is 1. The molecule has 2 heterocycles. The zero-order valence-electron chi connectivity index (χ0n) is 9.27. The van der Waals surface area contributed by atoms with Crippen LogP contribution in [-0.4, -0.2) is 22.9 Å². The van der Waals surface area contributed by atoms with E-state index in [1.54, 1.807) is 18.3 Å². The van der Waals surface area contributed by atoms with Crippen molar-refractivity contribution in [2.75, 3.05) is 17.8 Å². The lowest BCUT2D eigenvalue weighted by Crippen LogP contribution is -2.13. The number of nitrogens with one attached hydrogen (secondary N) is 2. The molecule has 3 rings (SSSR count). The quantitative estimate of drug-likeness (QED) is 0.685. The highest BCUT2D eigenvalue weighted by molar-refractivity contribution is 6.08. The van der Waals surface area contributed by atoms with Crippen LogP contribution in [0.25, 0.3) is 0 Å². The largest absolute Gasteiger partial charge is 0.454 e. The smallest absolute Gasteiger partial charge is 0.257 e. The fraction of sp³-hybridized carbons (Fsp3) is 0.0909. The predicted octanol–water partition coefficient (Wildman–Crippen LogP) is 0.973. The van der Waals surface area contributed by atoms with Crippen molar-refractivity contribution in [3.63, 3.8) is 0 Å². The van der Waals surface area contributed by atoms with Crippen LogP contribution in [0.5, 0.6) is 11.5 Å². The lowest BCUT2D eigenvalue weighted by atomic mass is 10.1. The minimum atomic E-state index is -0.327. The molecule has 0 bridgehead atoms. The number of H-pyrrole nitrogens is 1. The van der Waals surface area contributed by atoms with E-state index in [4.69, 9.17) is 15.2 Å². The van der Waals surface area contributed by atoms with Gasteiger partial charge < -0.3 is 20.5 Å². The van der Waals surface area contributed by atoms with Crippen molar-refractivity contribution >= 4 is 17.3 Å². The Balaban J connectivity index is 1.90. The van der Waals surface area contributed by atoms with E-state index in [2.05, 4.69) is 15.5 Å². The molecule has 1 aromatic heterocycles. The number of aromatic amines is 1. The van der Waals surface area contributed by atoms with E-state index in [9.17, 15) is 4.79 Å². The second-order valence-electron chi connectivity index (χ2n) is 3.73. The van der Waals surface area contributed by atoms with Crippen LogP contribution in [0.15, 0.2) is 24.5 Å². The summed E-state index contributed by atoms with van der Waals surface area (Å²) in [7, 11) is 0. The SMILES string of the molecule is Nc1cc2c(cc1C(=O)Nc1cn[nH]c1)OCO2. The van der Waals surface area contributed by atoms with Crippen LogP contribution in [0.3, 0.4) is 0 Å². The maximum Gasteiger partial charge on any atom is 0.257 e. The van der Waals surface area contributed by atoms with Gasteiger partial charge in [-0.15, -0.1) is 0 Å². The summed E-state index contributed by atoms with van der Waals surface area (Å²) in [6, 6.07) is 3.14. The molecule has 0 fully saturated rings. The van der Waals surface area contributed by atoms with E-state index >= 15 is 0 Å². The van der Waals surface area contributed by atoms with Crippen molar-refractivity contribution in [3.8, 4) is 11.5 Å². The van der Waals surface area contributed by atoms with Crippen LogP contribution in [0.1, 0.15) is 10.4 Å². The van der Waals surface area contributed by atoms with Crippen LogP contribution in [0.4, 0.5) is 11.4 Å². The van der Waals surface area contributed by atoms with Crippen LogP contribution in [0.2, 0.25) is 0 Å². The summed E-state index contributed by atoms with van der Waals surface area (Å²) in [5.74, 6) is 0.737. The van der Waals surface area contributed by atoms with Gasteiger partial charge in [0, 0.05) is 18.0 Å². The van der Waals surface area contributed by atoms with E-state index in [0.29, 0.717) is 28.4 Å². The molecule has 0 saturated heterocycles. The van der Waals surface area contributed by atoms with Gasteiger partial charge in [-0.25, -0.2) is 0 Å². The average molecular weight is 246 g/mol. The molecule has 0 aliphatic carbocycles. The molecule has 18 heavy (non-hydrogen) atoms. The zero-order valence-corrected chi connectivity index (χ0v) is 9.27. The number of hydrogen-bond acceptors (Lipinski definition) is 5. The molecule has 0 spiro atoms. The van der Waals surface area contributed by atoms with Crippen molar-refractivity contribution in [3.05, 3.63) is 30.1 Å². The highest BCUT2D eigenvalue weighted by Crippen LogP contribution is 2.36. The van der Waals surface area contributed by atoms with Crippen molar-refractivity contribution in [2.45, 2.75) is 0 Å². The van der Waals surface area contributed by atoms with Crippen LogP contribution in [0, 0.1) is 0 Å². The molecule has 92 valence electrons. The topological polar surface area (TPSA) is 102 Å². The minimum absolute atomic E-state index is 0.140. The molecule has 7 nitrogen and oxygen atoms in total. The number of hydrogen-bond donors (Lipinski definition) is 3. The number of aromatic nitrogens is 2. The van der Waals surface area contributed by atoms with Gasteiger partial charge in [-0.2, -0.15) is 5.10 Å². The molecule has 0 radical (unpaired) electrons. The van der Waals surface area contributed by atoms with Crippen molar-refractivity contribution in [1.82, 2.24) is 10.2 Å². The molecule has 7 heteroatoms. The number of ether oxygens (including phenoxy) is 2. The number of carbonyl (C=O) groups excluding carboxylic acids is 1. The Hall–Kier alpha value is -2.70. The molecular formula is C11H10N4O3. The second kappa shape index (κ2) is 3.95. The van der Waals surface area contributed by atoms with E-state index in [1.807, 2.05) is 0 Å². The number of amides is 1. The van der Waals surface area contributed by atoms with E-state index in [0.717, 1.165) is 0 Å². The van der Waals surface area contributed by atoms with Gasteiger partial charge in [-0.3, -0.25) is 9.89 Å². The third-order valence-corrected chi connectivity index (χ3v) is 2.55. The van der Waals surface area contributed by atoms with E-state index in [1.165, 1.54) is 6.20 Å². The Morgan fingerprint density at radius 1 is 1.39 bits per heavy atom. The van der Waals surface area contributed by atoms with Gasteiger partial charge >= 0.3 is 0 Å². The van der Waals surface area contributed by atoms with E-state index < -0.39 is 0 Å². The lowest BCUT2D eigenvalue weighted by molar-refractivity contribution is 0.102. The Labute approximate surface area is 102 Å². The van der Waals surface area contributed by atoms with Gasteiger partial charge in [0.2, 0.25) is 6.79 Å². The fourth-order valence-corrected chi connectivity index (χ4v) is 1.67. The van der Waals surface area contributed by atoms with Crippen LogP contribution in [-0.2, 0) is 0 Å². The summed E-state index contributed by atoms with van der Waals surface area (Å²) < 4.78 is 10.4. The van der Waals surface area contributed by atoms with Crippen molar-refractivity contribution in [1.29, 1.82) is 0 Å². The molecule has 0 unspecified atom stereocenters. The third kappa shape index (κ3) is 1.71. The minimum Gasteiger partial charge on any atom is -0.454 e. The number of nitrogens with two attached hydrogens (primary N) is 1. The highest BCUT2D eigenvalue weighted by atomic mass is 16.7. The van der Waals surface area contributed by atoms with Gasteiger partial charge in [0.15, 0.2) is 11.5 Å². The maximum absolute atomic E-state index is 12.0. The molecule has 2 aromatic rings. The first-order valence-electron chi connectivity index (χ1n) is 5.23. The van der Waals surface area contributed by atoms with Crippen molar-refractivity contribution < 1.29 is 14.3 Å². The molecular weight excluding hydrogens is 236 g/mol. The first-order chi connectivity index (χ1) is 8.74. The molecule has 0 saturated carbocycles. The molecule has 1 aliphatic rings. The summed E-state index contributed by atoms with van der Waals surface area (Å²) in [6.07, 6.45) is 3.07. The predicted molar refractivity (Wildman–Crippen MR) is 63.5 cm³/mol. The number of carbonyl (C=O) groups is 1. The molecule has 4 N–H and O–H groups in total. The maximum atomic E-state index is 12.0. The monoisotopic (exact) mass is 246 g/mol. The summed E-state index contributed by atoms with van der Waals surface area (Å²) in [4.78, 5) is 12.0. The number of nitrogens with zero attached hydrogens (tertiary/aromatic N) is 1. The van der Waals surface area contributed by atoms with E-state index in [-0.39, 0.29) is 12.7 Å². The average Bonchev–Trinajstić information content (AvgIpc) is 2.98. The molecule has 0 atom stereocenters. The Morgan fingerprint density at radius 2 is 2.17 bits per heavy atom. The third-order valence-electron chi connectivity index (χ3n) is 2.55. The number of fused-ring (bicyclic) bond motifs is 1. The Morgan fingerprint density at radius 3 is 2.89 bits per heavy atom. The van der Waals surface area contributed by atoms with Gasteiger partial charge in [0.25, 0.3) is 5.91 Å². The van der Waals surface area contributed by atoms with Gasteiger partial charge in [-0.1, -0.05) is 0 Å². The number of nitrogen functional groups attached to an aromatic ring is 1. The van der Waals surface area contributed by atoms with Gasteiger partial charge in [0.05, 0.1) is 17.4 Å². The van der Waals surface area contributed by atoms with Gasteiger partial charge in [-0.05, 0) is 6.07 Å². The first kappa shape index (κ1) is 10.5. The Bertz CT molecular complexity index is 595. The van der Waals surface area contributed by atoms with Gasteiger partial charge in [0.1, 0.15) is 0 Å². The number of rotatable bonds is 2. The summed E-state index contributed by atoms with van der Waals surface area (Å²) >= 11 is 0. The Kier molecular flexibility index (Phi) is 2.30. The molecule has 1 amide bonds. The molecule has 1 aliphatic heterocycles. The fourth-order valence-electron chi connectivity index (χ4n) is 1.67. The molecule has 1 aromatic carbocycles. The number of anilines is 2. The van der Waals surface area contributed by atoms with Crippen LogP contribution < -0.4 is 20.5 Å². The highest BCUT2D eigenvalue weighted by Gasteiger charge is 2.19. The lowest BCUT2D eigenvalue weighted by Gasteiger charge is -2.07. The summed E-state index contributed by atoms with van der Waals surface area (Å²) in [5, 5.41) is 9.00. The van der Waals surface area contributed by atoms with Crippen molar-refractivity contribution in [2.24, 2.45) is 0 Å². The normalized spacial score (nSPS) is 12.4. The first-order valence-corrected chi connectivity index (χ1v) is 5.23. The second-order valence-corrected chi connectivity index (χ2v) is 3.73. The van der Waals surface area contributed by atoms with Crippen LogP contribution >= 0.6 is 0 Å². The summed E-state index contributed by atoms with van der Waals surface area (Å²) in [6.45, 7) is 0.140. The summed E-state index contributed by atoms with van der Waals surface area (Å²) in [5.41, 5.74) is 7.04.